The molecule has 0 aliphatic heterocycles. The van der Waals surface area contributed by atoms with E-state index in [0.717, 1.165) is 12.1 Å². The first-order valence-corrected chi connectivity index (χ1v) is 7.04. The van der Waals surface area contributed by atoms with Crippen LogP contribution in [0, 0.1) is 0 Å². The number of hydrogen-bond donors (Lipinski definition) is 1. The van der Waals surface area contributed by atoms with Gasteiger partial charge in [-0.25, -0.2) is 0 Å². The van der Waals surface area contributed by atoms with E-state index in [9.17, 15) is 17.4 Å². The monoisotopic (exact) mass is 279 g/mol. The van der Waals surface area contributed by atoms with Crippen LogP contribution >= 0.6 is 0 Å². The van der Waals surface area contributed by atoms with Gasteiger partial charge in [0.2, 0.25) is 0 Å². The van der Waals surface area contributed by atoms with Gasteiger partial charge in [-0.05, 0) is 31.0 Å². The molecule has 0 aliphatic carbocycles. The number of halogens is 3. The van der Waals surface area contributed by atoms with Gasteiger partial charge in [0.25, 0.3) is 0 Å². The van der Waals surface area contributed by atoms with Crippen molar-refractivity contribution < 1.29 is 17.4 Å². The summed E-state index contributed by atoms with van der Waals surface area (Å²) in [6, 6.07) is 4.75. The molecule has 0 amide bonds. The Morgan fingerprint density at radius 2 is 1.83 bits per heavy atom. The fourth-order valence-corrected chi connectivity index (χ4v) is 2.71. The van der Waals surface area contributed by atoms with Gasteiger partial charge in [0, 0.05) is 28.3 Å². The zero-order valence-electron chi connectivity index (χ0n) is 10.0. The molecule has 102 valence electrons. The molecule has 1 rings (SSSR count). The molecule has 0 fully saturated rings. The Labute approximate surface area is 107 Å². The predicted molar refractivity (Wildman–Crippen MR) is 66.4 cm³/mol. The third kappa shape index (κ3) is 5.18. The SMILES string of the molecule is CC(N)CCS(=O)Cc1ccc(C(F)(F)F)cc1. The van der Waals surface area contributed by atoms with E-state index < -0.39 is 22.5 Å². The minimum atomic E-state index is -4.33. The van der Waals surface area contributed by atoms with E-state index in [-0.39, 0.29) is 11.8 Å². The maximum atomic E-state index is 12.3. The molecule has 2 unspecified atom stereocenters. The predicted octanol–water partition coefficient (Wildman–Crippen LogP) is 2.69. The summed E-state index contributed by atoms with van der Waals surface area (Å²) in [5, 5.41) is 0. The van der Waals surface area contributed by atoms with E-state index in [4.69, 9.17) is 5.73 Å². The third-order valence-electron chi connectivity index (χ3n) is 2.41. The number of benzene rings is 1. The molecule has 18 heavy (non-hydrogen) atoms. The van der Waals surface area contributed by atoms with Crippen molar-refractivity contribution in [3.05, 3.63) is 35.4 Å². The molecule has 0 bridgehead atoms. The van der Waals surface area contributed by atoms with Crippen LogP contribution in [0.1, 0.15) is 24.5 Å². The Morgan fingerprint density at radius 3 is 2.28 bits per heavy atom. The van der Waals surface area contributed by atoms with Gasteiger partial charge in [0.05, 0.1) is 5.56 Å². The van der Waals surface area contributed by atoms with Gasteiger partial charge in [0.15, 0.2) is 0 Å². The third-order valence-corrected chi connectivity index (χ3v) is 3.76. The zero-order chi connectivity index (χ0) is 13.8. The van der Waals surface area contributed by atoms with Crippen molar-refractivity contribution in [2.75, 3.05) is 5.75 Å². The van der Waals surface area contributed by atoms with Gasteiger partial charge in [-0.2, -0.15) is 13.2 Å². The topological polar surface area (TPSA) is 43.1 Å². The molecule has 2 N–H and O–H groups in total. The highest BCUT2D eigenvalue weighted by molar-refractivity contribution is 7.84. The summed E-state index contributed by atoms with van der Waals surface area (Å²) in [6.07, 6.45) is -3.68. The molecular weight excluding hydrogens is 263 g/mol. The molecule has 0 heterocycles. The number of hydrogen-bond acceptors (Lipinski definition) is 2. The summed E-state index contributed by atoms with van der Waals surface area (Å²) in [5.41, 5.74) is 5.50. The van der Waals surface area contributed by atoms with E-state index in [2.05, 4.69) is 0 Å². The second-order valence-electron chi connectivity index (χ2n) is 4.25. The molecule has 1 aromatic carbocycles. The van der Waals surface area contributed by atoms with Crippen LogP contribution in [0.4, 0.5) is 13.2 Å². The van der Waals surface area contributed by atoms with Crippen molar-refractivity contribution in [2.45, 2.75) is 31.3 Å². The molecule has 2 atom stereocenters. The van der Waals surface area contributed by atoms with Gasteiger partial charge in [0.1, 0.15) is 0 Å². The lowest BCUT2D eigenvalue weighted by atomic mass is 10.1. The molecule has 1 aromatic rings. The quantitative estimate of drug-likeness (QED) is 0.900. The minimum Gasteiger partial charge on any atom is -0.328 e. The lowest BCUT2D eigenvalue weighted by Crippen LogP contribution is -2.18. The Morgan fingerprint density at radius 1 is 1.28 bits per heavy atom. The first-order chi connectivity index (χ1) is 8.29. The van der Waals surface area contributed by atoms with Crippen LogP contribution in [0.25, 0.3) is 0 Å². The molecule has 6 heteroatoms. The van der Waals surface area contributed by atoms with Crippen molar-refractivity contribution in [1.82, 2.24) is 0 Å². The normalized spacial score (nSPS) is 15.4. The highest BCUT2D eigenvalue weighted by atomic mass is 32.2. The lowest BCUT2D eigenvalue weighted by molar-refractivity contribution is -0.137. The Hall–Kier alpha value is -0.880. The van der Waals surface area contributed by atoms with Crippen molar-refractivity contribution in [1.29, 1.82) is 0 Å². The largest absolute Gasteiger partial charge is 0.416 e. The summed E-state index contributed by atoms with van der Waals surface area (Å²) >= 11 is 0. The second kappa shape index (κ2) is 6.33. The molecular formula is C12H16F3NOS. The Kier molecular flexibility index (Phi) is 5.34. The summed E-state index contributed by atoms with van der Waals surface area (Å²) in [6.45, 7) is 1.83. The fourth-order valence-electron chi connectivity index (χ4n) is 1.37. The highest BCUT2D eigenvalue weighted by Gasteiger charge is 2.29. The molecule has 0 aromatic heterocycles. The lowest BCUT2D eigenvalue weighted by Gasteiger charge is -2.08. The van der Waals surface area contributed by atoms with Crippen molar-refractivity contribution in [3.63, 3.8) is 0 Å². The molecule has 0 saturated heterocycles. The number of alkyl halides is 3. The van der Waals surface area contributed by atoms with Crippen LogP contribution in [-0.2, 0) is 22.7 Å². The fraction of sp³-hybridized carbons (Fsp3) is 0.500. The average Bonchev–Trinajstić information content (AvgIpc) is 2.26. The smallest absolute Gasteiger partial charge is 0.328 e. The Bertz CT molecular complexity index is 401. The van der Waals surface area contributed by atoms with Gasteiger partial charge >= 0.3 is 6.18 Å². The average molecular weight is 279 g/mol. The molecule has 0 spiro atoms. The van der Waals surface area contributed by atoms with Gasteiger partial charge in [-0.15, -0.1) is 0 Å². The summed E-state index contributed by atoms with van der Waals surface area (Å²) in [5.74, 6) is 0.740. The zero-order valence-corrected chi connectivity index (χ0v) is 10.9. The van der Waals surface area contributed by atoms with E-state index in [1.54, 1.807) is 0 Å². The first-order valence-electron chi connectivity index (χ1n) is 5.55. The number of nitrogens with two attached hydrogens (primary N) is 1. The van der Waals surface area contributed by atoms with Crippen LogP contribution in [0.3, 0.4) is 0 Å². The van der Waals surface area contributed by atoms with E-state index in [1.807, 2.05) is 6.92 Å². The van der Waals surface area contributed by atoms with E-state index in [0.29, 0.717) is 17.7 Å². The second-order valence-corrected chi connectivity index (χ2v) is 5.83. The summed E-state index contributed by atoms with van der Waals surface area (Å²) in [7, 11) is -1.08. The first kappa shape index (κ1) is 15.2. The Balaban J connectivity index is 2.56. The molecule has 0 radical (unpaired) electrons. The van der Waals surface area contributed by atoms with Gasteiger partial charge < -0.3 is 5.73 Å². The summed E-state index contributed by atoms with van der Waals surface area (Å²) < 4.78 is 48.6. The number of rotatable bonds is 5. The highest BCUT2D eigenvalue weighted by Crippen LogP contribution is 2.29. The van der Waals surface area contributed by atoms with E-state index >= 15 is 0 Å². The molecule has 2 nitrogen and oxygen atoms in total. The molecule has 0 saturated carbocycles. The molecule has 0 aliphatic rings. The standard InChI is InChI=1S/C12H16F3NOS/c1-9(16)6-7-18(17)8-10-2-4-11(5-3-10)12(13,14)15/h2-5,9H,6-8,16H2,1H3. The van der Waals surface area contributed by atoms with Crippen LogP contribution in [0.5, 0.6) is 0 Å². The summed E-state index contributed by atoms with van der Waals surface area (Å²) in [4.78, 5) is 0. The van der Waals surface area contributed by atoms with Crippen LogP contribution in [-0.4, -0.2) is 16.0 Å². The van der Waals surface area contributed by atoms with Crippen LogP contribution in [0.2, 0.25) is 0 Å². The van der Waals surface area contributed by atoms with Crippen LogP contribution in [0.15, 0.2) is 24.3 Å². The van der Waals surface area contributed by atoms with Gasteiger partial charge in [-0.3, -0.25) is 4.21 Å². The van der Waals surface area contributed by atoms with Gasteiger partial charge in [-0.1, -0.05) is 12.1 Å². The van der Waals surface area contributed by atoms with E-state index in [1.165, 1.54) is 12.1 Å². The minimum absolute atomic E-state index is 0.0124. The van der Waals surface area contributed by atoms with Crippen molar-refractivity contribution in [2.24, 2.45) is 5.73 Å². The maximum absolute atomic E-state index is 12.3. The van der Waals surface area contributed by atoms with Crippen LogP contribution < -0.4 is 5.73 Å². The van der Waals surface area contributed by atoms with Crippen molar-refractivity contribution >= 4 is 10.8 Å². The maximum Gasteiger partial charge on any atom is 0.416 e. The van der Waals surface area contributed by atoms with Crippen molar-refractivity contribution in [3.8, 4) is 0 Å².